The van der Waals surface area contributed by atoms with E-state index in [9.17, 15) is 9.59 Å². The maximum absolute atomic E-state index is 13.4. The lowest BCUT2D eigenvalue weighted by molar-refractivity contribution is -0.142. The molecule has 1 fully saturated rings. The van der Waals surface area contributed by atoms with Crippen LogP contribution in [-0.4, -0.2) is 35.4 Å². The number of ether oxygens (including phenoxy) is 1. The van der Waals surface area contributed by atoms with Crippen molar-refractivity contribution >= 4 is 45.8 Å². The molecule has 2 amide bonds. The number of hydrogen-bond donors (Lipinski definition) is 1. The predicted molar refractivity (Wildman–Crippen MR) is 136 cm³/mol. The van der Waals surface area contributed by atoms with Crippen LogP contribution in [0.15, 0.2) is 60.7 Å². The molecule has 1 saturated carbocycles. The van der Waals surface area contributed by atoms with E-state index in [4.69, 9.17) is 27.9 Å². The minimum Gasteiger partial charge on any atom is -0.483 e. The number of fused-ring (bicyclic) bond motifs is 1. The first-order valence-electron chi connectivity index (χ1n) is 11.6. The number of halogens is 2. The third-order valence-corrected chi connectivity index (χ3v) is 6.91. The highest BCUT2D eigenvalue weighted by Crippen LogP contribution is 2.26. The number of hydrogen-bond acceptors (Lipinski definition) is 3. The fraction of sp³-hybridized carbons (Fsp3) is 0.333. The first-order valence-corrected chi connectivity index (χ1v) is 12.3. The topological polar surface area (TPSA) is 58.6 Å². The Morgan fingerprint density at radius 1 is 1.06 bits per heavy atom. The largest absolute Gasteiger partial charge is 0.483 e. The van der Waals surface area contributed by atoms with Gasteiger partial charge in [-0.15, -0.1) is 0 Å². The molecule has 1 atom stereocenters. The Balaban J connectivity index is 1.52. The van der Waals surface area contributed by atoms with Crippen molar-refractivity contribution in [2.75, 3.05) is 6.61 Å². The lowest BCUT2D eigenvalue weighted by Gasteiger charge is -2.30. The molecule has 1 aliphatic rings. The zero-order valence-corrected chi connectivity index (χ0v) is 20.6. The van der Waals surface area contributed by atoms with Crippen LogP contribution in [-0.2, 0) is 16.1 Å². The molecule has 34 heavy (non-hydrogen) atoms. The fourth-order valence-corrected chi connectivity index (χ4v) is 4.82. The van der Waals surface area contributed by atoms with Gasteiger partial charge in [0.05, 0.1) is 0 Å². The Kier molecular flexibility index (Phi) is 7.96. The minimum atomic E-state index is -0.684. The molecule has 3 aromatic rings. The molecule has 0 bridgehead atoms. The molecule has 3 aromatic carbocycles. The first-order chi connectivity index (χ1) is 16.4. The predicted octanol–water partition coefficient (Wildman–Crippen LogP) is 6.00. The van der Waals surface area contributed by atoms with Crippen LogP contribution < -0.4 is 10.1 Å². The number of benzene rings is 3. The van der Waals surface area contributed by atoms with Crippen LogP contribution in [0.1, 0.15) is 38.2 Å². The average molecular weight is 499 g/mol. The van der Waals surface area contributed by atoms with Crippen LogP contribution in [0.25, 0.3) is 10.8 Å². The molecule has 7 heteroatoms. The highest BCUT2D eigenvalue weighted by Gasteiger charge is 2.29. The van der Waals surface area contributed by atoms with Crippen molar-refractivity contribution in [3.05, 3.63) is 76.3 Å². The van der Waals surface area contributed by atoms with Gasteiger partial charge in [0, 0.05) is 28.0 Å². The Bertz CT molecular complexity index is 1170. The van der Waals surface area contributed by atoms with Gasteiger partial charge >= 0.3 is 0 Å². The number of carbonyl (C=O) groups is 2. The van der Waals surface area contributed by atoms with Gasteiger partial charge in [0.25, 0.3) is 5.91 Å². The van der Waals surface area contributed by atoms with E-state index >= 15 is 0 Å². The van der Waals surface area contributed by atoms with Gasteiger partial charge < -0.3 is 15.0 Å². The van der Waals surface area contributed by atoms with Crippen LogP contribution >= 0.6 is 23.2 Å². The van der Waals surface area contributed by atoms with Crippen molar-refractivity contribution in [3.63, 3.8) is 0 Å². The molecule has 0 saturated heterocycles. The molecular weight excluding hydrogens is 471 g/mol. The van der Waals surface area contributed by atoms with Gasteiger partial charge in [0.1, 0.15) is 11.8 Å². The summed E-state index contributed by atoms with van der Waals surface area (Å²) < 4.78 is 5.94. The van der Waals surface area contributed by atoms with Crippen molar-refractivity contribution in [3.8, 4) is 5.75 Å². The van der Waals surface area contributed by atoms with Gasteiger partial charge in [0.2, 0.25) is 5.91 Å². The third-order valence-electron chi connectivity index (χ3n) is 6.33. The Labute approximate surface area is 210 Å². The summed E-state index contributed by atoms with van der Waals surface area (Å²) in [6.07, 6.45) is 4.17. The standard InChI is InChI=1S/C27H28Cl2N2O3/c1-18(27(33)30-22-9-3-4-10-22)31(16-20-13-14-21(28)15-24(20)29)26(32)17-34-25-12-6-8-19-7-2-5-11-23(19)25/h2,5-8,11-15,18,22H,3-4,9-10,16-17H2,1H3,(H,30,33). The van der Waals surface area contributed by atoms with E-state index in [1.165, 1.54) is 4.90 Å². The summed E-state index contributed by atoms with van der Waals surface area (Å²) in [5, 5.41) is 6.01. The summed E-state index contributed by atoms with van der Waals surface area (Å²) in [5.74, 6) is 0.155. The van der Waals surface area contributed by atoms with E-state index in [0.717, 1.165) is 36.5 Å². The van der Waals surface area contributed by atoms with Crippen LogP contribution in [0.5, 0.6) is 5.75 Å². The zero-order chi connectivity index (χ0) is 24.1. The molecule has 0 aliphatic heterocycles. The van der Waals surface area contributed by atoms with Crippen LogP contribution in [0, 0.1) is 0 Å². The van der Waals surface area contributed by atoms with Crippen LogP contribution in [0.2, 0.25) is 10.0 Å². The Morgan fingerprint density at radius 3 is 2.56 bits per heavy atom. The second-order valence-corrected chi connectivity index (χ2v) is 9.53. The molecular formula is C27H28Cl2N2O3. The summed E-state index contributed by atoms with van der Waals surface area (Å²) in [5.41, 5.74) is 0.713. The highest BCUT2D eigenvalue weighted by molar-refractivity contribution is 6.35. The zero-order valence-electron chi connectivity index (χ0n) is 19.1. The Morgan fingerprint density at radius 2 is 1.79 bits per heavy atom. The number of nitrogens with one attached hydrogen (secondary N) is 1. The van der Waals surface area contributed by atoms with E-state index in [2.05, 4.69) is 5.32 Å². The second kappa shape index (κ2) is 11.1. The van der Waals surface area contributed by atoms with Crippen molar-refractivity contribution in [2.45, 2.75) is 51.2 Å². The summed E-state index contributed by atoms with van der Waals surface area (Å²) in [7, 11) is 0. The van der Waals surface area contributed by atoms with Gasteiger partial charge in [-0.3, -0.25) is 9.59 Å². The van der Waals surface area contributed by atoms with Crippen LogP contribution in [0.3, 0.4) is 0 Å². The summed E-state index contributed by atoms with van der Waals surface area (Å²) >= 11 is 12.4. The highest BCUT2D eigenvalue weighted by atomic mass is 35.5. The number of nitrogens with zero attached hydrogens (tertiary/aromatic N) is 1. The van der Waals surface area contributed by atoms with Gasteiger partial charge in [-0.2, -0.15) is 0 Å². The maximum Gasteiger partial charge on any atom is 0.261 e. The number of rotatable bonds is 8. The fourth-order valence-electron chi connectivity index (χ4n) is 4.35. The number of carbonyl (C=O) groups excluding carboxylic acids is 2. The minimum absolute atomic E-state index is 0.165. The molecule has 1 aliphatic carbocycles. The third kappa shape index (κ3) is 5.83. The van der Waals surface area contributed by atoms with Crippen molar-refractivity contribution in [1.29, 1.82) is 0 Å². The average Bonchev–Trinajstić information content (AvgIpc) is 3.34. The van der Waals surface area contributed by atoms with Gasteiger partial charge in [-0.25, -0.2) is 0 Å². The molecule has 1 N–H and O–H groups in total. The van der Waals surface area contributed by atoms with Crippen molar-refractivity contribution in [1.82, 2.24) is 10.2 Å². The normalized spacial score (nSPS) is 14.7. The molecule has 0 radical (unpaired) electrons. The molecule has 178 valence electrons. The van der Waals surface area contributed by atoms with Gasteiger partial charge in [-0.05, 0) is 48.9 Å². The van der Waals surface area contributed by atoms with Gasteiger partial charge in [0.15, 0.2) is 6.61 Å². The molecule has 0 heterocycles. The van der Waals surface area contributed by atoms with Crippen LogP contribution in [0.4, 0.5) is 0 Å². The molecule has 5 nitrogen and oxygen atoms in total. The van der Waals surface area contributed by atoms with Gasteiger partial charge in [-0.1, -0.05) is 78.5 Å². The first kappa shape index (κ1) is 24.4. The van der Waals surface area contributed by atoms with E-state index in [1.807, 2.05) is 42.5 Å². The van der Waals surface area contributed by atoms with E-state index in [1.54, 1.807) is 25.1 Å². The van der Waals surface area contributed by atoms with E-state index in [-0.39, 0.29) is 31.0 Å². The second-order valence-electron chi connectivity index (χ2n) is 8.69. The summed E-state index contributed by atoms with van der Waals surface area (Å²) in [6.45, 7) is 1.72. The molecule has 0 aromatic heterocycles. The Hall–Kier alpha value is -2.76. The van der Waals surface area contributed by atoms with E-state index < -0.39 is 6.04 Å². The van der Waals surface area contributed by atoms with E-state index in [0.29, 0.717) is 21.4 Å². The lowest BCUT2D eigenvalue weighted by Crippen LogP contribution is -2.50. The smallest absolute Gasteiger partial charge is 0.261 e. The maximum atomic E-state index is 13.4. The molecule has 0 spiro atoms. The monoisotopic (exact) mass is 498 g/mol. The molecule has 1 unspecified atom stereocenters. The number of amides is 2. The summed E-state index contributed by atoms with van der Waals surface area (Å²) in [4.78, 5) is 27.9. The van der Waals surface area contributed by atoms with Crippen molar-refractivity contribution < 1.29 is 14.3 Å². The summed E-state index contributed by atoms with van der Waals surface area (Å²) in [6, 6.07) is 18.2. The molecule has 4 rings (SSSR count). The van der Waals surface area contributed by atoms with Crippen molar-refractivity contribution in [2.24, 2.45) is 0 Å². The SMILES string of the molecule is CC(C(=O)NC1CCCC1)N(Cc1ccc(Cl)cc1Cl)C(=O)COc1cccc2ccccc12. The quantitative estimate of drug-likeness (QED) is 0.414. The lowest BCUT2D eigenvalue weighted by atomic mass is 10.1.